The van der Waals surface area contributed by atoms with E-state index in [0.29, 0.717) is 5.41 Å². The fraction of sp³-hybridized carbons (Fsp3) is 0.800. The normalized spacial score (nSPS) is 34.2. The van der Waals surface area contributed by atoms with Crippen molar-refractivity contribution in [3.05, 3.63) is 12.2 Å². The molecular formula is C15H24N2O. The summed E-state index contributed by atoms with van der Waals surface area (Å²) < 4.78 is 0. The van der Waals surface area contributed by atoms with Gasteiger partial charge in [0.05, 0.1) is 0 Å². The molecule has 3 rings (SSSR count). The summed E-state index contributed by atoms with van der Waals surface area (Å²) in [7, 11) is 0. The molecule has 0 aromatic rings. The molecule has 0 spiro atoms. The van der Waals surface area contributed by atoms with Gasteiger partial charge in [-0.3, -0.25) is 9.69 Å². The lowest BCUT2D eigenvalue weighted by Gasteiger charge is -2.20. The fourth-order valence-corrected chi connectivity index (χ4v) is 3.71. The molecule has 3 fully saturated rings. The van der Waals surface area contributed by atoms with Gasteiger partial charge in [-0.25, -0.2) is 0 Å². The van der Waals surface area contributed by atoms with E-state index >= 15 is 0 Å². The van der Waals surface area contributed by atoms with E-state index < -0.39 is 0 Å². The molecule has 2 aliphatic heterocycles. The van der Waals surface area contributed by atoms with Crippen molar-refractivity contribution >= 4 is 5.91 Å². The number of amides is 1. The molecule has 18 heavy (non-hydrogen) atoms. The lowest BCUT2D eigenvalue weighted by molar-refractivity contribution is -0.125. The second-order valence-corrected chi connectivity index (χ2v) is 6.69. The van der Waals surface area contributed by atoms with Gasteiger partial charge in [0, 0.05) is 38.8 Å². The molecule has 3 nitrogen and oxygen atoms in total. The van der Waals surface area contributed by atoms with Crippen molar-refractivity contribution in [2.24, 2.45) is 17.3 Å². The van der Waals surface area contributed by atoms with Gasteiger partial charge >= 0.3 is 0 Å². The molecule has 0 N–H and O–H groups in total. The number of nitrogens with zero attached hydrogens (tertiary/aromatic N) is 2. The van der Waals surface area contributed by atoms with Gasteiger partial charge in [0.25, 0.3) is 0 Å². The maximum atomic E-state index is 11.8. The van der Waals surface area contributed by atoms with Gasteiger partial charge in [0.1, 0.15) is 0 Å². The average Bonchev–Trinajstić information content (AvgIpc) is 2.84. The number of piperidine rings is 1. The monoisotopic (exact) mass is 248 g/mol. The standard InChI is InChI=1S/C15H24N2O/c1-15(2)12-10-16(11-13(12)15)7-5-6-14(18)17-8-3-4-9-17/h5-6,12-13H,3-4,7-11H2,1-2H3/b6-5+. The zero-order valence-electron chi connectivity index (χ0n) is 11.6. The van der Waals surface area contributed by atoms with Crippen LogP contribution in [-0.2, 0) is 4.79 Å². The summed E-state index contributed by atoms with van der Waals surface area (Å²) in [6.45, 7) is 10.1. The largest absolute Gasteiger partial charge is 0.339 e. The molecule has 2 saturated heterocycles. The highest BCUT2D eigenvalue weighted by atomic mass is 16.2. The minimum absolute atomic E-state index is 0.206. The Kier molecular flexibility index (Phi) is 2.97. The third-order valence-corrected chi connectivity index (χ3v) is 5.24. The van der Waals surface area contributed by atoms with E-state index in [0.717, 1.165) is 31.5 Å². The first-order valence-corrected chi connectivity index (χ1v) is 7.27. The smallest absolute Gasteiger partial charge is 0.246 e. The molecule has 3 aliphatic rings. The third-order valence-electron chi connectivity index (χ3n) is 5.24. The molecule has 3 heteroatoms. The summed E-state index contributed by atoms with van der Waals surface area (Å²) >= 11 is 0. The zero-order chi connectivity index (χ0) is 12.8. The lowest BCUT2D eigenvalue weighted by Crippen LogP contribution is -2.28. The fourth-order valence-electron chi connectivity index (χ4n) is 3.71. The topological polar surface area (TPSA) is 23.6 Å². The highest BCUT2D eigenvalue weighted by Gasteiger charge is 2.61. The number of hydrogen-bond donors (Lipinski definition) is 0. The van der Waals surface area contributed by atoms with Crippen LogP contribution in [0.2, 0.25) is 0 Å². The van der Waals surface area contributed by atoms with E-state index in [-0.39, 0.29) is 5.91 Å². The number of rotatable bonds is 3. The van der Waals surface area contributed by atoms with Crippen molar-refractivity contribution in [3.63, 3.8) is 0 Å². The zero-order valence-corrected chi connectivity index (χ0v) is 11.6. The molecule has 0 bridgehead atoms. The van der Waals surface area contributed by atoms with E-state index in [9.17, 15) is 4.79 Å². The molecule has 1 aliphatic carbocycles. The van der Waals surface area contributed by atoms with Crippen LogP contribution >= 0.6 is 0 Å². The molecule has 1 saturated carbocycles. The summed E-state index contributed by atoms with van der Waals surface area (Å²) in [4.78, 5) is 16.3. The van der Waals surface area contributed by atoms with E-state index in [1.807, 2.05) is 4.90 Å². The van der Waals surface area contributed by atoms with Gasteiger partial charge in [-0.15, -0.1) is 0 Å². The lowest BCUT2D eigenvalue weighted by atomic mass is 10.1. The summed E-state index contributed by atoms with van der Waals surface area (Å²) in [5, 5.41) is 0. The summed E-state index contributed by atoms with van der Waals surface area (Å²) in [6, 6.07) is 0. The van der Waals surface area contributed by atoms with Gasteiger partial charge in [0.2, 0.25) is 5.91 Å². The Morgan fingerprint density at radius 1 is 1.22 bits per heavy atom. The van der Waals surface area contributed by atoms with Crippen LogP contribution in [0, 0.1) is 17.3 Å². The second kappa shape index (κ2) is 4.37. The Hall–Kier alpha value is -0.830. The Bertz CT molecular complexity index is 355. The highest BCUT2D eigenvalue weighted by Crippen LogP contribution is 2.61. The van der Waals surface area contributed by atoms with Crippen LogP contribution in [0.1, 0.15) is 26.7 Å². The number of hydrogen-bond acceptors (Lipinski definition) is 2. The van der Waals surface area contributed by atoms with Gasteiger partial charge < -0.3 is 4.90 Å². The molecule has 2 unspecified atom stereocenters. The maximum absolute atomic E-state index is 11.8. The summed E-state index contributed by atoms with van der Waals surface area (Å²) in [6.07, 6.45) is 6.17. The maximum Gasteiger partial charge on any atom is 0.246 e. The number of carbonyl (C=O) groups is 1. The molecule has 0 aromatic heterocycles. The minimum Gasteiger partial charge on any atom is -0.339 e. The predicted octanol–water partition coefficient (Wildman–Crippen LogP) is 1.75. The average molecular weight is 248 g/mol. The van der Waals surface area contributed by atoms with Crippen molar-refractivity contribution in [3.8, 4) is 0 Å². The van der Waals surface area contributed by atoms with Crippen molar-refractivity contribution in [2.75, 3.05) is 32.7 Å². The van der Waals surface area contributed by atoms with Crippen LogP contribution in [0.5, 0.6) is 0 Å². The number of likely N-dealkylation sites (tertiary alicyclic amines) is 2. The van der Waals surface area contributed by atoms with Crippen molar-refractivity contribution in [2.45, 2.75) is 26.7 Å². The molecule has 100 valence electrons. The first-order chi connectivity index (χ1) is 8.59. The van der Waals surface area contributed by atoms with E-state index in [1.165, 1.54) is 25.9 Å². The summed E-state index contributed by atoms with van der Waals surface area (Å²) in [5.74, 6) is 2.01. The SMILES string of the molecule is CC1(C)C2CN(C/C=C/C(=O)N3CCCC3)CC21. The highest BCUT2D eigenvalue weighted by molar-refractivity contribution is 5.87. The Morgan fingerprint density at radius 2 is 1.83 bits per heavy atom. The van der Waals surface area contributed by atoms with Gasteiger partial charge in [-0.2, -0.15) is 0 Å². The van der Waals surface area contributed by atoms with Crippen LogP contribution in [0.3, 0.4) is 0 Å². The van der Waals surface area contributed by atoms with Crippen LogP contribution in [0.25, 0.3) is 0 Å². The molecule has 2 atom stereocenters. The van der Waals surface area contributed by atoms with E-state index in [4.69, 9.17) is 0 Å². The van der Waals surface area contributed by atoms with Crippen molar-refractivity contribution in [1.29, 1.82) is 0 Å². The number of fused-ring (bicyclic) bond motifs is 1. The predicted molar refractivity (Wildman–Crippen MR) is 72.2 cm³/mol. The molecule has 0 radical (unpaired) electrons. The van der Waals surface area contributed by atoms with Crippen LogP contribution < -0.4 is 0 Å². The number of carbonyl (C=O) groups excluding carboxylic acids is 1. The molecule has 1 amide bonds. The Labute approximate surface area is 110 Å². The first kappa shape index (κ1) is 12.2. The third kappa shape index (κ3) is 2.09. The van der Waals surface area contributed by atoms with E-state index in [1.54, 1.807) is 6.08 Å². The summed E-state index contributed by atoms with van der Waals surface area (Å²) in [5.41, 5.74) is 0.589. The van der Waals surface area contributed by atoms with Crippen molar-refractivity contribution in [1.82, 2.24) is 9.80 Å². The van der Waals surface area contributed by atoms with Gasteiger partial charge in [-0.1, -0.05) is 19.9 Å². The van der Waals surface area contributed by atoms with Crippen LogP contribution in [0.15, 0.2) is 12.2 Å². The Balaban J connectivity index is 1.41. The Morgan fingerprint density at radius 3 is 2.44 bits per heavy atom. The van der Waals surface area contributed by atoms with Gasteiger partial charge in [0.15, 0.2) is 0 Å². The van der Waals surface area contributed by atoms with Gasteiger partial charge in [-0.05, 0) is 30.1 Å². The minimum atomic E-state index is 0.206. The molecule has 2 heterocycles. The second-order valence-electron chi connectivity index (χ2n) is 6.69. The first-order valence-electron chi connectivity index (χ1n) is 7.27. The molecule has 0 aromatic carbocycles. The van der Waals surface area contributed by atoms with Crippen LogP contribution in [0.4, 0.5) is 0 Å². The van der Waals surface area contributed by atoms with E-state index in [2.05, 4.69) is 24.8 Å². The van der Waals surface area contributed by atoms with Crippen molar-refractivity contribution < 1.29 is 4.79 Å². The van der Waals surface area contributed by atoms with Crippen LogP contribution in [-0.4, -0.2) is 48.4 Å². The quantitative estimate of drug-likeness (QED) is 0.710. The molecular weight excluding hydrogens is 224 g/mol.